The Kier molecular flexibility index (Phi) is 4.04. The molecule has 0 atom stereocenters. The molecule has 1 heterocycles. The smallest absolute Gasteiger partial charge is 0.266 e. The first-order valence-electron chi connectivity index (χ1n) is 6.80. The van der Waals surface area contributed by atoms with Gasteiger partial charge in [-0.05, 0) is 54.5 Å². The molecular weight excluding hydrogens is 300 g/mol. The van der Waals surface area contributed by atoms with Gasteiger partial charge in [0.05, 0.1) is 5.52 Å². The van der Waals surface area contributed by atoms with Gasteiger partial charge in [-0.1, -0.05) is 12.1 Å². The summed E-state index contributed by atoms with van der Waals surface area (Å²) < 4.78 is 5.31. The number of anilines is 1. The molecule has 112 valence electrons. The number of nitrogens with one attached hydrogen (secondary N) is 2. The molecule has 0 aliphatic heterocycles. The highest BCUT2D eigenvalue weighted by Crippen LogP contribution is 2.17. The molecule has 3 aromatic rings. The minimum Gasteiger partial charge on any atom is -0.429 e. The molecule has 0 radical (unpaired) electrons. The van der Waals surface area contributed by atoms with Gasteiger partial charge in [-0.2, -0.15) is 0 Å². The Hall–Kier alpha value is -2.44. The lowest BCUT2D eigenvalue weighted by molar-refractivity contribution is 0.102. The van der Waals surface area contributed by atoms with Crippen LogP contribution in [-0.4, -0.2) is 22.6 Å². The number of H-pyrrole nitrogens is 1. The molecule has 0 bridgehead atoms. The summed E-state index contributed by atoms with van der Waals surface area (Å²) in [5.41, 5.74) is 3.52. The quantitative estimate of drug-likeness (QED) is 0.646. The van der Waals surface area contributed by atoms with Crippen LogP contribution in [0.25, 0.3) is 11.1 Å². The highest BCUT2D eigenvalue weighted by atomic mass is 32.1. The minimum absolute atomic E-state index is 0.108. The molecule has 0 unspecified atom stereocenters. The standard InChI is InChI=1S/C16H14N2O3S/c19-8-7-10-1-4-12(5-2-10)17-15(20)11-3-6-13-14(9-11)21-16(22)18-13/h1-6,9,19H,7-8H2,(H,17,20)(H,18,22). The van der Waals surface area contributed by atoms with Crippen molar-refractivity contribution in [1.29, 1.82) is 0 Å². The molecule has 2 aromatic carbocycles. The fraction of sp³-hybridized carbons (Fsp3) is 0.125. The summed E-state index contributed by atoms with van der Waals surface area (Å²) in [4.78, 5) is 15.4. The van der Waals surface area contributed by atoms with Gasteiger partial charge >= 0.3 is 0 Å². The van der Waals surface area contributed by atoms with Crippen molar-refractivity contribution < 1.29 is 14.3 Å². The number of rotatable bonds is 4. The topological polar surface area (TPSA) is 78.3 Å². The van der Waals surface area contributed by atoms with Gasteiger partial charge in [-0.15, -0.1) is 0 Å². The monoisotopic (exact) mass is 314 g/mol. The fourth-order valence-corrected chi connectivity index (χ4v) is 2.37. The second kappa shape index (κ2) is 6.13. The highest BCUT2D eigenvalue weighted by Gasteiger charge is 2.09. The molecule has 1 aromatic heterocycles. The van der Waals surface area contributed by atoms with Gasteiger partial charge in [0.2, 0.25) is 0 Å². The van der Waals surface area contributed by atoms with Crippen LogP contribution in [0.3, 0.4) is 0 Å². The molecule has 0 spiro atoms. The number of hydrogen-bond donors (Lipinski definition) is 3. The Morgan fingerprint density at radius 1 is 1.23 bits per heavy atom. The molecule has 22 heavy (non-hydrogen) atoms. The van der Waals surface area contributed by atoms with Crippen molar-refractivity contribution >= 4 is 34.9 Å². The molecule has 0 aliphatic carbocycles. The average Bonchev–Trinajstić information content (AvgIpc) is 2.88. The van der Waals surface area contributed by atoms with Gasteiger partial charge < -0.3 is 19.8 Å². The lowest BCUT2D eigenvalue weighted by atomic mass is 10.1. The van der Waals surface area contributed by atoms with E-state index in [-0.39, 0.29) is 17.4 Å². The lowest BCUT2D eigenvalue weighted by Gasteiger charge is -2.06. The van der Waals surface area contributed by atoms with Crippen molar-refractivity contribution in [2.45, 2.75) is 6.42 Å². The van der Waals surface area contributed by atoms with E-state index >= 15 is 0 Å². The van der Waals surface area contributed by atoms with E-state index in [0.717, 1.165) is 11.1 Å². The number of oxazole rings is 1. The van der Waals surface area contributed by atoms with Crippen LogP contribution in [0.5, 0.6) is 0 Å². The van der Waals surface area contributed by atoms with E-state index in [9.17, 15) is 4.79 Å². The number of aromatic nitrogens is 1. The number of aliphatic hydroxyl groups excluding tert-OH is 1. The average molecular weight is 314 g/mol. The molecule has 3 rings (SSSR count). The van der Waals surface area contributed by atoms with E-state index in [1.54, 1.807) is 18.2 Å². The normalized spacial score (nSPS) is 10.8. The third-order valence-corrected chi connectivity index (χ3v) is 3.48. The van der Waals surface area contributed by atoms with Crippen LogP contribution in [0.2, 0.25) is 0 Å². The van der Waals surface area contributed by atoms with Crippen LogP contribution in [0, 0.1) is 4.84 Å². The lowest BCUT2D eigenvalue weighted by Crippen LogP contribution is -2.11. The first-order valence-corrected chi connectivity index (χ1v) is 7.20. The van der Waals surface area contributed by atoms with E-state index in [4.69, 9.17) is 21.7 Å². The molecule has 0 saturated heterocycles. The van der Waals surface area contributed by atoms with Gasteiger partial charge in [-0.25, -0.2) is 0 Å². The summed E-state index contributed by atoms with van der Waals surface area (Å²) in [7, 11) is 0. The van der Waals surface area contributed by atoms with E-state index in [0.29, 0.717) is 23.3 Å². The third kappa shape index (κ3) is 3.08. The number of amides is 1. The Balaban J connectivity index is 1.78. The van der Waals surface area contributed by atoms with Crippen LogP contribution in [0.1, 0.15) is 15.9 Å². The van der Waals surface area contributed by atoms with Crippen LogP contribution < -0.4 is 5.32 Å². The molecule has 0 saturated carbocycles. The van der Waals surface area contributed by atoms with Crippen molar-refractivity contribution in [3.8, 4) is 0 Å². The largest absolute Gasteiger partial charge is 0.429 e. The Bertz CT molecular complexity index is 865. The fourth-order valence-electron chi connectivity index (χ4n) is 2.17. The molecular formula is C16H14N2O3S. The van der Waals surface area contributed by atoms with Crippen LogP contribution >= 0.6 is 12.2 Å². The Morgan fingerprint density at radius 3 is 2.73 bits per heavy atom. The minimum atomic E-state index is -0.223. The summed E-state index contributed by atoms with van der Waals surface area (Å²) in [6.07, 6.45) is 0.600. The zero-order chi connectivity index (χ0) is 15.5. The van der Waals surface area contributed by atoms with Gasteiger partial charge in [0.1, 0.15) is 0 Å². The van der Waals surface area contributed by atoms with Crippen molar-refractivity contribution in [2.75, 3.05) is 11.9 Å². The number of aliphatic hydroxyl groups is 1. The van der Waals surface area contributed by atoms with Crippen LogP contribution in [0.4, 0.5) is 5.69 Å². The summed E-state index contributed by atoms with van der Waals surface area (Å²) in [6.45, 7) is 0.108. The van der Waals surface area contributed by atoms with Gasteiger partial charge in [0, 0.05) is 17.9 Å². The number of carbonyl (C=O) groups is 1. The van der Waals surface area contributed by atoms with E-state index in [2.05, 4.69) is 10.3 Å². The van der Waals surface area contributed by atoms with E-state index in [1.165, 1.54) is 0 Å². The van der Waals surface area contributed by atoms with Gasteiger partial charge in [-0.3, -0.25) is 4.79 Å². The molecule has 0 fully saturated rings. The van der Waals surface area contributed by atoms with Crippen molar-refractivity contribution in [3.05, 3.63) is 58.4 Å². The van der Waals surface area contributed by atoms with Crippen LogP contribution in [0.15, 0.2) is 46.9 Å². The number of carbonyl (C=O) groups excluding carboxylic acids is 1. The highest BCUT2D eigenvalue weighted by molar-refractivity contribution is 7.71. The van der Waals surface area contributed by atoms with E-state index in [1.807, 2.05) is 24.3 Å². The van der Waals surface area contributed by atoms with Crippen molar-refractivity contribution in [2.24, 2.45) is 0 Å². The summed E-state index contributed by atoms with van der Waals surface area (Å²) in [5.74, 6) is -0.223. The molecule has 5 nitrogen and oxygen atoms in total. The summed E-state index contributed by atoms with van der Waals surface area (Å²) in [6, 6.07) is 12.5. The predicted octanol–water partition coefficient (Wildman–Crippen LogP) is 3.28. The predicted molar refractivity (Wildman–Crippen MR) is 86.6 cm³/mol. The zero-order valence-electron chi connectivity index (χ0n) is 11.6. The van der Waals surface area contributed by atoms with Crippen molar-refractivity contribution in [3.63, 3.8) is 0 Å². The Morgan fingerprint density at radius 2 is 2.00 bits per heavy atom. The van der Waals surface area contributed by atoms with Gasteiger partial charge in [0.25, 0.3) is 10.7 Å². The molecule has 6 heteroatoms. The van der Waals surface area contributed by atoms with E-state index < -0.39 is 0 Å². The number of benzene rings is 2. The van der Waals surface area contributed by atoms with Crippen molar-refractivity contribution in [1.82, 2.24) is 4.98 Å². The number of aromatic amines is 1. The zero-order valence-corrected chi connectivity index (χ0v) is 12.4. The Labute approximate surface area is 131 Å². The molecule has 1 amide bonds. The molecule has 3 N–H and O–H groups in total. The maximum atomic E-state index is 12.2. The summed E-state index contributed by atoms with van der Waals surface area (Å²) in [5, 5.41) is 11.7. The maximum Gasteiger partial charge on any atom is 0.266 e. The second-order valence-corrected chi connectivity index (χ2v) is 5.22. The maximum absolute atomic E-state index is 12.2. The third-order valence-electron chi connectivity index (χ3n) is 3.30. The first kappa shape index (κ1) is 14.5. The SMILES string of the molecule is O=C(Nc1ccc(CCO)cc1)c1ccc2[nH]c(=S)oc2c1. The second-order valence-electron chi connectivity index (χ2n) is 4.85. The van der Waals surface area contributed by atoms with Gasteiger partial charge in [0.15, 0.2) is 5.58 Å². The first-order chi connectivity index (χ1) is 10.7. The molecule has 0 aliphatic rings. The number of hydrogen-bond acceptors (Lipinski definition) is 4. The number of fused-ring (bicyclic) bond motifs is 1. The summed E-state index contributed by atoms with van der Waals surface area (Å²) >= 11 is 4.92. The van der Waals surface area contributed by atoms with Crippen LogP contribution in [-0.2, 0) is 6.42 Å².